The van der Waals surface area contributed by atoms with Gasteiger partial charge in [0.05, 0.1) is 5.69 Å². The quantitative estimate of drug-likeness (QED) is 0.612. The Bertz CT molecular complexity index is 802. The number of amides is 1. The molecule has 0 radical (unpaired) electrons. The molecule has 8 heteroatoms. The molecule has 8 nitrogen and oxygen atoms in total. The molecule has 0 saturated heterocycles. The second-order valence-corrected chi connectivity index (χ2v) is 4.16. The molecule has 0 aliphatic carbocycles. The predicted octanol–water partition coefficient (Wildman–Crippen LogP) is 0.478. The van der Waals surface area contributed by atoms with Crippen LogP contribution < -0.4 is 16.6 Å². The minimum atomic E-state index is -0.797. The lowest BCUT2D eigenvalue weighted by molar-refractivity contribution is -0.114. The van der Waals surface area contributed by atoms with Crippen LogP contribution in [0.3, 0.4) is 0 Å². The smallest absolute Gasteiger partial charge is 0.328 e. The lowest BCUT2D eigenvalue weighted by Crippen LogP contribution is -2.24. The van der Waals surface area contributed by atoms with Gasteiger partial charge in [-0.05, 0) is 24.3 Å². The highest BCUT2D eigenvalue weighted by Crippen LogP contribution is 2.16. The molecule has 1 aromatic heterocycles. The monoisotopic (exact) mass is 288 g/mol. The van der Waals surface area contributed by atoms with Crippen molar-refractivity contribution in [1.29, 1.82) is 0 Å². The number of aromatic amines is 2. The molecule has 0 fully saturated rings. The van der Waals surface area contributed by atoms with Gasteiger partial charge in [0.2, 0.25) is 11.8 Å². The fourth-order valence-corrected chi connectivity index (χ4v) is 1.58. The fourth-order valence-electron chi connectivity index (χ4n) is 1.58. The maximum absolute atomic E-state index is 11.5. The van der Waals surface area contributed by atoms with Crippen LogP contribution in [0.4, 0.5) is 11.4 Å². The number of aliphatic imine (C=N–C) groups is 1. The Kier molecular flexibility index (Phi) is 3.98. The topological polar surface area (TPSA) is 127 Å². The molecule has 0 aliphatic rings. The molecule has 0 spiro atoms. The zero-order valence-electron chi connectivity index (χ0n) is 11.0. The Labute approximate surface area is 118 Å². The third kappa shape index (κ3) is 3.66. The Morgan fingerprint density at radius 1 is 1.24 bits per heavy atom. The first kappa shape index (κ1) is 14.3. The molecule has 4 N–H and O–H groups in total. The van der Waals surface area contributed by atoms with Gasteiger partial charge in [-0.15, -0.1) is 0 Å². The van der Waals surface area contributed by atoms with Crippen LogP contribution in [0.25, 0.3) is 0 Å². The molecule has 2 rings (SSSR count). The van der Waals surface area contributed by atoms with Crippen molar-refractivity contribution in [2.24, 2.45) is 4.99 Å². The van der Waals surface area contributed by atoms with E-state index < -0.39 is 17.1 Å². The van der Waals surface area contributed by atoms with Crippen molar-refractivity contribution in [2.45, 2.75) is 6.92 Å². The molecule has 1 heterocycles. The highest BCUT2D eigenvalue weighted by molar-refractivity contribution is 5.89. The van der Waals surface area contributed by atoms with Gasteiger partial charge >= 0.3 is 5.69 Å². The van der Waals surface area contributed by atoms with Gasteiger partial charge in [0, 0.05) is 18.8 Å². The molecule has 0 saturated carbocycles. The number of aromatic nitrogens is 2. The number of rotatable bonds is 3. The number of anilines is 1. The van der Waals surface area contributed by atoms with E-state index in [-0.39, 0.29) is 11.5 Å². The van der Waals surface area contributed by atoms with Gasteiger partial charge < -0.3 is 10.4 Å². The van der Waals surface area contributed by atoms with E-state index in [1.165, 1.54) is 6.92 Å². The number of H-pyrrole nitrogens is 2. The molecular weight excluding hydrogens is 276 g/mol. The molecule has 2 aromatic rings. The van der Waals surface area contributed by atoms with E-state index in [4.69, 9.17) is 0 Å². The van der Waals surface area contributed by atoms with Crippen LogP contribution in [0.5, 0.6) is 5.88 Å². The summed E-state index contributed by atoms with van der Waals surface area (Å²) in [5.74, 6) is -0.738. The van der Waals surface area contributed by atoms with Gasteiger partial charge in [-0.2, -0.15) is 0 Å². The number of benzene rings is 1. The van der Waals surface area contributed by atoms with E-state index in [2.05, 4.69) is 15.3 Å². The summed E-state index contributed by atoms with van der Waals surface area (Å²) in [6.45, 7) is 1.40. The van der Waals surface area contributed by atoms with Gasteiger partial charge in [-0.25, -0.2) is 4.79 Å². The summed E-state index contributed by atoms with van der Waals surface area (Å²) in [6, 6.07) is 6.54. The van der Waals surface area contributed by atoms with E-state index in [0.717, 1.165) is 6.21 Å². The van der Waals surface area contributed by atoms with E-state index in [0.29, 0.717) is 11.4 Å². The highest BCUT2D eigenvalue weighted by Gasteiger charge is 2.05. The standard InChI is InChI=1S/C13H12N4O4/c1-7(18)15-9-4-2-8(3-5-9)14-6-10-11(19)16-13(21)17-12(10)20/h2-6H,1H3,(H,15,18)(H3,16,17,19,20,21). The highest BCUT2D eigenvalue weighted by atomic mass is 16.3. The summed E-state index contributed by atoms with van der Waals surface area (Å²) in [5.41, 5.74) is -0.565. The Morgan fingerprint density at radius 3 is 2.48 bits per heavy atom. The van der Waals surface area contributed by atoms with Crippen LogP contribution in [-0.4, -0.2) is 27.2 Å². The number of hydrogen-bond acceptors (Lipinski definition) is 5. The first-order chi connectivity index (χ1) is 9.95. The molecular formula is C13H12N4O4. The molecule has 1 amide bonds. The lowest BCUT2D eigenvalue weighted by atomic mass is 10.2. The Hall–Kier alpha value is -3.16. The average molecular weight is 288 g/mol. The number of nitrogens with one attached hydrogen (secondary N) is 3. The van der Waals surface area contributed by atoms with Crippen LogP contribution in [0.15, 0.2) is 38.8 Å². The van der Waals surface area contributed by atoms with Crippen molar-refractivity contribution >= 4 is 23.5 Å². The second-order valence-electron chi connectivity index (χ2n) is 4.16. The summed E-state index contributed by atoms with van der Waals surface area (Å²) in [5, 5.41) is 12.1. The van der Waals surface area contributed by atoms with Crippen LogP contribution >= 0.6 is 0 Å². The summed E-state index contributed by atoms with van der Waals surface area (Å²) in [6.07, 6.45) is 1.14. The summed E-state index contributed by atoms with van der Waals surface area (Å²) in [7, 11) is 0. The zero-order chi connectivity index (χ0) is 15.4. The van der Waals surface area contributed by atoms with E-state index in [9.17, 15) is 19.5 Å². The fraction of sp³-hybridized carbons (Fsp3) is 0.0769. The third-order valence-corrected chi connectivity index (χ3v) is 2.49. The van der Waals surface area contributed by atoms with Gasteiger partial charge in [0.1, 0.15) is 5.56 Å². The zero-order valence-corrected chi connectivity index (χ0v) is 11.0. The number of carbonyl (C=O) groups is 1. The predicted molar refractivity (Wildman–Crippen MR) is 77.3 cm³/mol. The Morgan fingerprint density at radius 2 is 1.90 bits per heavy atom. The lowest BCUT2D eigenvalue weighted by Gasteiger charge is -2.01. The maximum Gasteiger partial charge on any atom is 0.328 e. The number of nitrogens with zero attached hydrogens (tertiary/aromatic N) is 1. The summed E-state index contributed by atoms with van der Waals surface area (Å²) < 4.78 is 0. The summed E-state index contributed by atoms with van der Waals surface area (Å²) >= 11 is 0. The van der Waals surface area contributed by atoms with E-state index in [1.54, 1.807) is 24.3 Å². The number of aromatic hydroxyl groups is 1. The molecule has 0 atom stereocenters. The number of hydrogen-bond donors (Lipinski definition) is 4. The van der Waals surface area contributed by atoms with Crippen molar-refractivity contribution in [2.75, 3.05) is 5.32 Å². The molecule has 0 bridgehead atoms. The van der Waals surface area contributed by atoms with Crippen molar-refractivity contribution in [3.05, 3.63) is 50.7 Å². The van der Waals surface area contributed by atoms with E-state index >= 15 is 0 Å². The first-order valence-electron chi connectivity index (χ1n) is 5.93. The maximum atomic E-state index is 11.5. The van der Waals surface area contributed by atoms with Gasteiger partial charge in [0.15, 0.2) is 0 Å². The molecule has 0 unspecified atom stereocenters. The van der Waals surface area contributed by atoms with Crippen LogP contribution in [0.1, 0.15) is 12.5 Å². The van der Waals surface area contributed by atoms with E-state index in [1.807, 2.05) is 4.98 Å². The molecule has 0 aliphatic heterocycles. The van der Waals surface area contributed by atoms with Crippen molar-refractivity contribution in [3.63, 3.8) is 0 Å². The molecule has 108 valence electrons. The number of carbonyl (C=O) groups excluding carboxylic acids is 1. The van der Waals surface area contributed by atoms with Crippen LogP contribution in [0, 0.1) is 0 Å². The first-order valence-corrected chi connectivity index (χ1v) is 5.93. The minimum absolute atomic E-state index is 0.152. The Balaban J connectivity index is 2.24. The normalized spacial score (nSPS) is 10.7. The van der Waals surface area contributed by atoms with Gasteiger partial charge in [0.25, 0.3) is 5.56 Å². The summed E-state index contributed by atoms with van der Waals surface area (Å²) in [4.78, 5) is 41.3. The largest absolute Gasteiger partial charge is 0.494 e. The van der Waals surface area contributed by atoms with Gasteiger partial charge in [-0.1, -0.05) is 0 Å². The van der Waals surface area contributed by atoms with Crippen LogP contribution in [-0.2, 0) is 4.79 Å². The second kappa shape index (κ2) is 5.87. The van der Waals surface area contributed by atoms with Crippen molar-refractivity contribution < 1.29 is 9.90 Å². The van der Waals surface area contributed by atoms with Gasteiger partial charge in [-0.3, -0.25) is 24.5 Å². The van der Waals surface area contributed by atoms with Crippen molar-refractivity contribution in [1.82, 2.24) is 9.97 Å². The SMILES string of the molecule is CC(=O)Nc1ccc(N=Cc2c(O)[nH]c(=O)[nH]c2=O)cc1. The minimum Gasteiger partial charge on any atom is -0.494 e. The third-order valence-electron chi connectivity index (χ3n) is 2.49. The van der Waals surface area contributed by atoms with Crippen LogP contribution in [0.2, 0.25) is 0 Å². The molecule has 1 aromatic carbocycles. The average Bonchev–Trinajstić information content (AvgIpc) is 2.38. The van der Waals surface area contributed by atoms with Crippen molar-refractivity contribution in [3.8, 4) is 5.88 Å². The molecule has 21 heavy (non-hydrogen) atoms.